The van der Waals surface area contributed by atoms with E-state index in [2.05, 4.69) is 18.8 Å². The zero-order valence-corrected chi connectivity index (χ0v) is 11.9. The minimum Gasteiger partial charge on any atom is -0.396 e. The molecule has 18 heavy (non-hydrogen) atoms. The maximum absolute atomic E-state index is 9.90. The summed E-state index contributed by atoms with van der Waals surface area (Å²) in [6, 6.07) is 0. The fourth-order valence-electron chi connectivity index (χ4n) is 3.07. The van der Waals surface area contributed by atoms with Gasteiger partial charge in [-0.2, -0.15) is 0 Å². The maximum atomic E-state index is 9.90. The monoisotopic (exact) mass is 267 g/mol. The predicted octanol–water partition coefficient (Wildman–Crippen LogP) is 2.48. The van der Waals surface area contributed by atoms with Crippen LogP contribution in [0.3, 0.4) is 0 Å². The van der Waals surface area contributed by atoms with Gasteiger partial charge in [-0.05, 0) is 39.0 Å². The topological polar surface area (TPSA) is 42.4 Å². The molecule has 2 atom stereocenters. The van der Waals surface area contributed by atoms with E-state index in [1.54, 1.807) is 11.3 Å². The van der Waals surface area contributed by atoms with Crippen LogP contribution < -0.4 is 0 Å². The highest BCUT2D eigenvalue weighted by atomic mass is 32.1. The van der Waals surface area contributed by atoms with E-state index in [9.17, 15) is 5.11 Å². The molecule has 1 saturated heterocycles. The van der Waals surface area contributed by atoms with Crippen molar-refractivity contribution in [3.8, 4) is 0 Å². The van der Waals surface area contributed by atoms with Crippen LogP contribution in [0, 0.1) is 25.2 Å². The number of aliphatic hydroxyl groups is 1. The van der Waals surface area contributed by atoms with E-state index >= 15 is 0 Å². The van der Waals surface area contributed by atoms with Crippen molar-refractivity contribution < 1.29 is 9.84 Å². The Hall–Kier alpha value is -0.450. The molecule has 3 nitrogen and oxygen atoms in total. The van der Waals surface area contributed by atoms with E-state index in [1.807, 2.05) is 0 Å². The number of aryl methyl sites for hydroxylation is 2. The van der Waals surface area contributed by atoms with Gasteiger partial charge in [-0.3, -0.25) is 0 Å². The summed E-state index contributed by atoms with van der Waals surface area (Å²) in [7, 11) is 0. The average Bonchev–Trinajstić information content (AvgIpc) is 3.03. The Morgan fingerprint density at radius 2 is 2.22 bits per heavy atom. The minimum absolute atomic E-state index is 0.0715. The van der Waals surface area contributed by atoms with Crippen LogP contribution in [0.1, 0.15) is 34.8 Å². The number of aliphatic hydroxyl groups excluding tert-OH is 1. The Balaban J connectivity index is 1.82. The molecule has 2 heterocycles. The van der Waals surface area contributed by atoms with Crippen LogP contribution in [0.2, 0.25) is 0 Å². The van der Waals surface area contributed by atoms with Crippen molar-refractivity contribution in [2.45, 2.75) is 45.6 Å². The zero-order chi connectivity index (χ0) is 12.8. The number of nitrogens with zero attached hydrogens (tertiary/aromatic N) is 1. The first-order valence-electron chi connectivity index (χ1n) is 6.80. The fourth-order valence-corrected chi connectivity index (χ4v) is 4.16. The number of hydrogen-bond acceptors (Lipinski definition) is 4. The lowest BCUT2D eigenvalue weighted by atomic mass is 9.77. The second-order valence-electron chi connectivity index (χ2n) is 5.83. The minimum atomic E-state index is -0.0715. The van der Waals surface area contributed by atoms with Crippen LogP contribution in [0.15, 0.2) is 0 Å². The Kier molecular flexibility index (Phi) is 3.20. The van der Waals surface area contributed by atoms with Crippen molar-refractivity contribution in [1.29, 1.82) is 0 Å². The van der Waals surface area contributed by atoms with Crippen molar-refractivity contribution in [3.05, 3.63) is 15.6 Å². The predicted molar refractivity (Wildman–Crippen MR) is 71.9 cm³/mol. The summed E-state index contributed by atoms with van der Waals surface area (Å²) < 4.78 is 5.91. The van der Waals surface area contributed by atoms with Gasteiger partial charge in [0, 0.05) is 23.3 Å². The van der Waals surface area contributed by atoms with Crippen LogP contribution >= 0.6 is 11.3 Å². The van der Waals surface area contributed by atoms with Gasteiger partial charge in [0.05, 0.1) is 23.4 Å². The summed E-state index contributed by atoms with van der Waals surface area (Å²) in [4.78, 5) is 5.92. The van der Waals surface area contributed by atoms with Crippen molar-refractivity contribution in [3.63, 3.8) is 0 Å². The van der Waals surface area contributed by atoms with E-state index in [4.69, 9.17) is 4.74 Å². The van der Waals surface area contributed by atoms with Gasteiger partial charge >= 0.3 is 0 Å². The van der Waals surface area contributed by atoms with Crippen LogP contribution in [0.5, 0.6) is 0 Å². The molecule has 2 unspecified atom stereocenters. The van der Waals surface area contributed by atoms with Crippen LogP contribution in [-0.4, -0.2) is 29.4 Å². The van der Waals surface area contributed by atoms with Crippen molar-refractivity contribution in [2.75, 3.05) is 13.2 Å². The van der Waals surface area contributed by atoms with Crippen molar-refractivity contribution >= 4 is 11.3 Å². The number of thiazole rings is 1. The zero-order valence-electron chi connectivity index (χ0n) is 11.1. The molecule has 0 aromatic carbocycles. The molecule has 3 rings (SSSR count). The van der Waals surface area contributed by atoms with Gasteiger partial charge in [-0.1, -0.05) is 0 Å². The van der Waals surface area contributed by atoms with Gasteiger partial charge in [0.2, 0.25) is 0 Å². The van der Waals surface area contributed by atoms with Gasteiger partial charge in [-0.15, -0.1) is 11.3 Å². The highest BCUT2D eigenvalue weighted by Crippen LogP contribution is 2.49. The molecule has 2 aliphatic rings. The summed E-state index contributed by atoms with van der Waals surface area (Å²) in [5, 5.41) is 11.1. The summed E-state index contributed by atoms with van der Waals surface area (Å²) in [5.41, 5.74) is 1.06. The largest absolute Gasteiger partial charge is 0.396 e. The highest BCUT2D eigenvalue weighted by molar-refractivity contribution is 7.11. The third-order valence-electron chi connectivity index (χ3n) is 4.44. The lowest BCUT2D eigenvalue weighted by Crippen LogP contribution is -2.38. The Morgan fingerprint density at radius 1 is 1.44 bits per heavy atom. The molecule has 1 aromatic heterocycles. The standard InChI is InChI=1S/C14H21NO2S/c1-9-10(2)18-12(15-9)7-14(8-16)5-6-17-13(14)11-3-4-11/h11,13,16H,3-8H2,1-2H3. The van der Waals surface area contributed by atoms with E-state index in [1.165, 1.54) is 17.7 Å². The van der Waals surface area contributed by atoms with Gasteiger partial charge in [0.25, 0.3) is 0 Å². The van der Waals surface area contributed by atoms with E-state index in [0.29, 0.717) is 5.92 Å². The second-order valence-corrected chi connectivity index (χ2v) is 7.11. The molecular weight excluding hydrogens is 246 g/mol. The van der Waals surface area contributed by atoms with Gasteiger partial charge in [0.15, 0.2) is 0 Å². The highest BCUT2D eigenvalue weighted by Gasteiger charge is 2.51. The fraction of sp³-hybridized carbons (Fsp3) is 0.786. The molecule has 1 aromatic rings. The third kappa shape index (κ3) is 2.10. The SMILES string of the molecule is Cc1nc(CC2(CO)CCOC2C2CC2)sc1C. The molecule has 0 amide bonds. The molecule has 1 aliphatic heterocycles. The van der Waals surface area contributed by atoms with Crippen molar-refractivity contribution in [1.82, 2.24) is 4.98 Å². The van der Waals surface area contributed by atoms with Crippen LogP contribution in [0.25, 0.3) is 0 Å². The number of ether oxygens (including phenoxy) is 1. The quantitative estimate of drug-likeness (QED) is 0.911. The maximum Gasteiger partial charge on any atom is 0.0938 e. The lowest BCUT2D eigenvalue weighted by molar-refractivity contribution is 0.000553. The first-order chi connectivity index (χ1) is 8.64. The lowest BCUT2D eigenvalue weighted by Gasteiger charge is -2.31. The molecule has 0 bridgehead atoms. The second kappa shape index (κ2) is 4.58. The molecule has 100 valence electrons. The molecule has 1 aliphatic carbocycles. The smallest absolute Gasteiger partial charge is 0.0938 e. The van der Waals surface area contributed by atoms with Crippen LogP contribution in [0.4, 0.5) is 0 Å². The van der Waals surface area contributed by atoms with Gasteiger partial charge < -0.3 is 9.84 Å². The van der Waals surface area contributed by atoms with Gasteiger partial charge in [0.1, 0.15) is 0 Å². The summed E-state index contributed by atoms with van der Waals surface area (Å²) in [6.07, 6.45) is 4.64. The normalized spacial score (nSPS) is 32.1. The molecular formula is C14H21NO2S. The Labute approximate surface area is 112 Å². The van der Waals surface area contributed by atoms with Gasteiger partial charge in [-0.25, -0.2) is 4.98 Å². The van der Waals surface area contributed by atoms with E-state index in [0.717, 1.165) is 30.2 Å². The number of aromatic nitrogens is 1. The van der Waals surface area contributed by atoms with E-state index < -0.39 is 0 Å². The first kappa shape index (κ1) is 12.6. The Bertz CT molecular complexity index is 422. The molecule has 1 saturated carbocycles. The first-order valence-corrected chi connectivity index (χ1v) is 7.62. The molecule has 2 fully saturated rings. The molecule has 1 N–H and O–H groups in total. The average molecular weight is 267 g/mol. The summed E-state index contributed by atoms with van der Waals surface area (Å²) in [6.45, 7) is 5.20. The Morgan fingerprint density at radius 3 is 2.78 bits per heavy atom. The van der Waals surface area contributed by atoms with Crippen LogP contribution in [-0.2, 0) is 11.2 Å². The third-order valence-corrected chi connectivity index (χ3v) is 5.51. The summed E-state index contributed by atoms with van der Waals surface area (Å²) >= 11 is 1.77. The van der Waals surface area contributed by atoms with Crippen molar-refractivity contribution in [2.24, 2.45) is 11.3 Å². The summed E-state index contributed by atoms with van der Waals surface area (Å²) in [5.74, 6) is 0.682. The molecule has 0 radical (unpaired) electrons. The molecule has 0 spiro atoms. The molecule has 4 heteroatoms. The number of rotatable bonds is 4. The number of hydrogen-bond donors (Lipinski definition) is 1. The van der Waals surface area contributed by atoms with E-state index in [-0.39, 0.29) is 18.1 Å².